The number of carbonyl (C=O) groups excluding carboxylic acids is 1. The highest BCUT2D eigenvalue weighted by Crippen LogP contribution is 2.31. The molecule has 0 fully saturated rings. The number of carbonyl (C=O) groups is 1. The SMILES string of the molecule is C[C@H](Oc1cc(-n2nc3n(c2=O)CCCC3)c(F)cc1C(=O)Nc1ncnc2[nH]ccc12)C(F)(F)F. The molecule has 14 heteroatoms. The van der Waals surface area contributed by atoms with Gasteiger partial charge in [0, 0.05) is 25.2 Å². The molecule has 1 aliphatic rings. The third-order valence-electron chi connectivity index (χ3n) is 5.84. The molecule has 5 rings (SSSR count). The van der Waals surface area contributed by atoms with Crippen molar-refractivity contribution < 1.29 is 27.1 Å². The lowest BCUT2D eigenvalue weighted by molar-refractivity contribution is -0.189. The quantitative estimate of drug-likeness (QED) is 0.402. The van der Waals surface area contributed by atoms with E-state index in [9.17, 15) is 22.8 Å². The molecule has 3 aromatic heterocycles. The molecule has 36 heavy (non-hydrogen) atoms. The van der Waals surface area contributed by atoms with Gasteiger partial charge in [0.05, 0.1) is 10.9 Å². The van der Waals surface area contributed by atoms with Crippen LogP contribution in [0.5, 0.6) is 5.75 Å². The van der Waals surface area contributed by atoms with E-state index in [0.717, 1.165) is 30.5 Å². The number of hydrogen-bond acceptors (Lipinski definition) is 6. The van der Waals surface area contributed by atoms with Gasteiger partial charge in [0.25, 0.3) is 5.91 Å². The molecule has 0 saturated carbocycles. The summed E-state index contributed by atoms with van der Waals surface area (Å²) in [5.74, 6) is -2.09. The Bertz CT molecular complexity index is 1520. The first-order chi connectivity index (χ1) is 17.1. The van der Waals surface area contributed by atoms with Crippen LogP contribution in [0.3, 0.4) is 0 Å². The van der Waals surface area contributed by atoms with Crippen LogP contribution in [0.2, 0.25) is 0 Å². The summed E-state index contributed by atoms with van der Waals surface area (Å²) in [6, 6.07) is 3.17. The molecular weight excluding hydrogens is 486 g/mol. The Balaban J connectivity index is 1.58. The molecule has 2 N–H and O–H groups in total. The van der Waals surface area contributed by atoms with E-state index in [2.05, 4.69) is 25.4 Å². The van der Waals surface area contributed by atoms with Gasteiger partial charge in [-0.05, 0) is 31.9 Å². The number of aromatic nitrogens is 6. The Labute approximate surface area is 199 Å². The first-order valence-corrected chi connectivity index (χ1v) is 11.0. The first kappa shape index (κ1) is 23.5. The third kappa shape index (κ3) is 4.18. The topological polar surface area (TPSA) is 120 Å². The zero-order valence-corrected chi connectivity index (χ0v) is 18.8. The summed E-state index contributed by atoms with van der Waals surface area (Å²) in [5, 5.41) is 7.03. The molecule has 0 unspecified atom stereocenters. The highest BCUT2D eigenvalue weighted by atomic mass is 19.4. The Morgan fingerprint density at radius 3 is 2.81 bits per heavy atom. The Morgan fingerprint density at radius 1 is 1.25 bits per heavy atom. The number of amides is 1. The van der Waals surface area contributed by atoms with Gasteiger partial charge in [0.2, 0.25) is 0 Å². The molecule has 188 valence electrons. The number of nitrogens with zero attached hydrogens (tertiary/aromatic N) is 5. The van der Waals surface area contributed by atoms with Crippen molar-refractivity contribution >= 4 is 22.8 Å². The van der Waals surface area contributed by atoms with Crippen molar-refractivity contribution in [3.63, 3.8) is 0 Å². The standard InChI is InChI=1S/C22H19F4N7O3/c1-11(22(24,25)26)36-16-9-15(33-21(35)32-7-3-2-4-17(32)31-33)14(23)8-13(16)20(34)30-19-12-5-6-27-18(12)28-10-29-19/h5-6,8-11H,2-4,7H2,1H3,(H2,27,28,29,30,34)/t11-/m0/s1. The molecule has 0 saturated heterocycles. The maximum atomic E-state index is 15.2. The number of rotatable bonds is 5. The molecule has 1 aliphatic heterocycles. The molecule has 1 aromatic carbocycles. The van der Waals surface area contributed by atoms with E-state index >= 15 is 4.39 Å². The number of benzene rings is 1. The molecule has 4 aromatic rings. The normalized spacial score (nSPS) is 14.5. The lowest BCUT2D eigenvalue weighted by Gasteiger charge is -2.20. The maximum Gasteiger partial charge on any atom is 0.425 e. The number of alkyl halides is 3. The van der Waals surface area contributed by atoms with Crippen LogP contribution in [0, 0.1) is 5.82 Å². The van der Waals surface area contributed by atoms with Crippen LogP contribution >= 0.6 is 0 Å². The van der Waals surface area contributed by atoms with Crippen molar-refractivity contribution in [1.29, 1.82) is 0 Å². The summed E-state index contributed by atoms with van der Waals surface area (Å²) in [6.45, 7) is 1.15. The Kier molecular flexibility index (Phi) is 5.73. The highest BCUT2D eigenvalue weighted by Gasteiger charge is 2.39. The van der Waals surface area contributed by atoms with Gasteiger partial charge in [-0.25, -0.2) is 19.2 Å². The van der Waals surface area contributed by atoms with Crippen LogP contribution in [-0.2, 0) is 13.0 Å². The van der Waals surface area contributed by atoms with E-state index in [-0.39, 0.29) is 5.82 Å². The fraction of sp³-hybridized carbons (Fsp3) is 0.318. The number of aromatic amines is 1. The largest absolute Gasteiger partial charge is 0.480 e. The molecule has 0 aliphatic carbocycles. The van der Waals surface area contributed by atoms with E-state index in [1.54, 1.807) is 12.3 Å². The van der Waals surface area contributed by atoms with Gasteiger partial charge in [-0.3, -0.25) is 9.36 Å². The minimum Gasteiger partial charge on any atom is -0.480 e. The second kappa shape index (κ2) is 8.77. The van der Waals surface area contributed by atoms with E-state index in [1.165, 1.54) is 10.9 Å². The van der Waals surface area contributed by atoms with E-state index in [1.807, 2.05) is 0 Å². The fourth-order valence-corrected chi connectivity index (χ4v) is 3.94. The molecule has 1 atom stereocenters. The second-order valence-corrected chi connectivity index (χ2v) is 8.24. The number of ether oxygens (including phenoxy) is 1. The second-order valence-electron chi connectivity index (χ2n) is 8.24. The summed E-state index contributed by atoms with van der Waals surface area (Å²) in [4.78, 5) is 36.7. The summed E-state index contributed by atoms with van der Waals surface area (Å²) in [7, 11) is 0. The lowest BCUT2D eigenvalue weighted by Crippen LogP contribution is -2.32. The number of H-pyrrole nitrogens is 1. The Morgan fingerprint density at radius 2 is 2.06 bits per heavy atom. The predicted molar refractivity (Wildman–Crippen MR) is 119 cm³/mol. The van der Waals surface area contributed by atoms with Gasteiger partial charge < -0.3 is 15.0 Å². The zero-order chi connectivity index (χ0) is 25.6. The summed E-state index contributed by atoms with van der Waals surface area (Å²) < 4.78 is 62.3. The van der Waals surface area contributed by atoms with Crippen LogP contribution in [0.4, 0.5) is 23.4 Å². The lowest BCUT2D eigenvalue weighted by atomic mass is 10.1. The monoisotopic (exact) mass is 505 g/mol. The smallest absolute Gasteiger partial charge is 0.425 e. The number of hydrogen-bond donors (Lipinski definition) is 2. The maximum absolute atomic E-state index is 15.2. The third-order valence-corrected chi connectivity index (χ3v) is 5.84. The Hall–Kier alpha value is -4.23. The first-order valence-electron chi connectivity index (χ1n) is 11.0. The van der Waals surface area contributed by atoms with Crippen LogP contribution < -0.4 is 15.7 Å². The van der Waals surface area contributed by atoms with Crippen molar-refractivity contribution in [2.24, 2.45) is 0 Å². The van der Waals surface area contributed by atoms with Gasteiger partial charge in [0.15, 0.2) is 6.10 Å². The van der Waals surface area contributed by atoms with E-state index in [0.29, 0.717) is 35.9 Å². The van der Waals surface area contributed by atoms with Gasteiger partial charge in [-0.2, -0.15) is 17.9 Å². The molecule has 10 nitrogen and oxygen atoms in total. The highest BCUT2D eigenvalue weighted by molar-refractivity contribution is 6.09. The molecule has 1 amide bonds. The number of aryl methyl sites for hydroxylation is 1. The fourth-order valence-electron chi connectivity index (χ4n) is 3.94. The van der Waals surface area contributed by atoms with Crippen LogP contribution in [0.1, 0.15) is 35.9 Å². The minimum absolute atomic E-state index is 0.0588. The van der Waals surface area contributed by atoms with Crippen molar-refractivity contribution in [1.82, 2.24) is 29.3 Å². The molecule has 0 radical (unpaired) electrons. The van der Waals surface area contributed by atoms with Crippen molar-refractivity contribution in [2.45, 2.75) is 45.0 Å². The van der Waals surface area contributed by atoms with Gasteiger partial charge >= 0.3 is 11.9 Å². The van der Waals surface area contributed by atoms with Crippen molar-refractivity contribution in [3.8, 4) is 11.4 Å². The van der Waals surface area contributed by atoms with Crippen molar-refractivity contribution in [2.75, 3.05) is 5.32 Å². The summed E-state index contributed by atoms with van der Waals surface area (Å²) >= 11 is 0. The van der Waals surface area contributed by atoms with Crippen LogP contribution in [0.15, 0.2) is 35.5 Å². The molecule has 4 heterocycles. The van der Waals surface area contributed by atoms with Gasteiger partial charge in [-0.1, -0.05) is 0 Å². The zero-order valence-electron chi connectivity index (χ0n) is 18.8. The van der Waals surface area contributed by atoms with Gasteiger partial charge in [-0.15, -0.1) is 5.10 Å². The molecular formula is C22H19F4N7O3. The average Bonchev–Trinajstić information content (AvgIpc) is 3.45. The number of nitrogens with one attached hydrogen (secondary N) is 2. The van der Waals surface area contributed by atoms with Gasteiger partial charge in [0.1, 0.15) is 40.9 Å². The summed E-state index contributed by atoms with van der Waals surface area (Å²) in [6.07, 6.45) is -2.31. The molecule has 0 spiro atoms. The minimum atomic E-state index is -4.77. The number of halogens is 4. The van der Waals surface area contributed by atoms with Crippen LogP contribution in [0.25, 0.3) is 16.7 Å². The predicted octanol–water partition coefficient (Wildman–Crippen LogP) is 3.36. The van der Waals surface area contributed by atoms with E-state index in [4.69, 9.17) is 4.74 Å². The number of fused-ring (bicyclic) bond motifs is 2. The van der Waals surface area contributed by atoms with Crippen molar-refractivity contribution in [3.05, 3.63) is 58.4 Å². The average molecular weight is 505 g/mol. The number of anilines is 1. The van der Waals surface area contributed by atoms with Crippen LogP contribution in [-0.4, -0.2) is 47.5 Å². The summed E-state index contributed by atoms with van der Waals surface area (Å²) in [5.41, 5.74) is -1.18. The van der Waals surface area contributed by atoms with E-state index < -0.39 is 46.7 Å². The molecule has 0 bridgehead atoms.